The number of nitrogens with zero attached hydrogens (tertiary/aromatic N) is 2. The Kier molecular flexibility index (Phi) is 12.0. The van der Waals surface area contributed by atoms with Crippen molar-refractivity contribution in [1.82, 2.24) is 9.97 Å². The van der Waals surface area contributed by atoms with Crippen LogP contribution in [0.4, 0.5) is 26.3 Å². The third-order valence-corrected chi connectivity index (χ3v) is 7.52. The van der Waals surface area contributed by atoms with Crippen molar-refractivity contribution in [2.24, 2.45) is 0 Å². The predicted molar refractivity (Wildman–Crippen MR) is 142 cm³/mol. The van der Waals surface area contributed by atoms with Crippen LogP contribution >= 0.6 is 11.8 Å². The van der Waals surface area contributed by atoms with E-state index in [9.17, 15) is 34.8 Å². The molecule has 0 N–H and O–H groups in total. The van der Waals surface area contributed by atoms with Crippen molar-refractivity contribution in [1.29, 1.82) is 0 Å². The number of hydrogen-bond acceptors (Lipinski definition) is 7. The van der Waals surface area contributed by atoms with E-state index in [1.54, 1.807) is 36.7 Å². The summed E-state index contributed by atoms with van der Waals surface area (Å²) in [5, 5.41) is 0. The van der Waals surface area contributed by atoms with Crippen LogP contribution in [0.15, 0.2) is 107 Å². The minimum atomic E-state index is -4.81. The van der Waals surface area contributed by atoms with Gasteiger partial charge in [0.15, 0.2) is 9.84 Å². The lowest BCUT2D eigenvalue weighted by molar-refractivity contribution is -0.275. The van der Waals surface area contributed by atoms with Gasteiger partial charge in [-0.2, -0.15) is 0 Å². The fourth-order valence-electron chi connectivity index (χ4n) is 3.01. The van der Waals surface area contributed by atoms with Crippen LogP contribution in [0.5, 0.6) is 11.5 Å². The van der Waals surface area contributed by atoms with Crippen LogP contribution in [-0.4, -0.2) is 31.1 Å². The molecule has 0 unspecified atom stereocenters. The van der Waals surface area contributed by atoms with Gasteiger partial charge < -0.3 is 9.47 Å². The highest BCUT2D eigenvalue weighted by molar-refractivity contribution is 7.98. The first-order chi connectivity index (χ1) is 18.8. The zero-order valence-electron chi connectivity index (χ0n) is 20.3. The first kappa shape index (κ1) is 33.4. The standard InChI is InChI=1S/C13H10F3NO3S.C13H10F3NOS.CH4/c14-13(15,16)20-11-1-3-12(4-2-11)21(18,19)9-10-5-7-17-8-6-10;14-13(15,16)18-11-1-3-12(4-2-11)19-9-10-5-7-17-8-6-10;/h1-8H,9H2;1-8H,9H2;1H4. The molecule has 0 amide bonds. The van der Waals surface area contributed by atoms with E-state index in [-0.39, 0.29) is 23.8 Å². The van der Waals surface area contributed by atoms with Crippen molar-refractivity contribution in [2.45, 2.75) is 41.4 Å². The third kappa shape index (κ3) is 12.5. The highest BCUT2D eigenvalue weighted by atomic mass is 32.2. The maximum atomic E-state index is 12.1. The minimum Gasteiger partial charge on any atom is -0.406 e. The fourth-order valence-corrected chi connectivity index (χ4v) is 5.22. The van der Waals surface area contributed by atoms with E-state index < -0.39 is 28.3 Å². The molecule has 0 aliphatic carbocycles. The molecule has 2 aromatic carbocycles. The number of hydrogen-bond donors (Lipinski definition) is 0. The molecule has 2 aromatic heterocycles. The average molecular weight is 619 g/mol. The van der Waals surface area contributed by atoms with Crippen molar-refractivity contribution in [2.75, 3.05) is 0 Å². The molecule has 0 spiro atoms. The van der Waals surface area contributed by atoms with Crippen molar-refractivity contribution in [3.8, 4) is 11.5 Å². The van der Waals surface area contributed by atoms with Gasteiger partial charge in [-0.1, -0.05) is 7.43 Å². The molecule has 2 heterocycles. The molecule has 0 aliphatic rings. The maximum Gasteiger partial charge on any atom is 0.573 e. The Hall–Kier alpha value is -3.78. The molecular weight excluding hydrogens is 594 g/mol. The van der Waals surface area contributed by atoms with Gasteiger partial charge in [-0.05, 0) is 83.9 Å². The number of thioether (sulfide) groups is 1. The van der Waals surface area contributed by atoms with E-state index in [2.05, 4.69) is 19.4 Å². The topological polar surface area (TPSA) is 78.4 Å². The van der Waals surface area contributed by atoms with Gasteiger partial charge in [-0.3, -0.25) is 9.97 Å². The van der Waals surface area contributed by atoms with Crippen LogP contribution in [0.25, 0.3) is 0 Å². The summed E-state index contributed by atoms with van der Waals surface area (Å²) in [5.41, 5.74) is 1.65. The highest BCUT2D eigenvalue weighted by Crippen LogP contribution is 2.28. The SMILES string of the molecule is C.FC(F)(F)Oc1ccc(SCc2ccncc2)cc1.O=S(=O)(Cc1ccncc1)c1ccc(OC(F)(F)F)cc1. The first-order valence-corrected chi connectivity index (χ1v) is 13.8. The van der Waals surface area contributed by atoms with E-state index in [1.807, 2.05) is 12.1 Å². The zero-order valence-corrected chi connectivity index (χ0v) is 21.9. The molecule has 14 heteroatoms. The summed E-state index contributed by atoms with van der Waals surface area (Å²) in [6.45, 7) is 0. The Labute approximate surface area is 237 Å². The van der Waals surface area contributed by atoms with E-state index >= 15 is 0 Å². The van der Waals surface area contributed by atoms with Gasteiger partial charge in [0, 0.05) is 35.4 Å². The second-order valence-corrected chi connectivity index (χ2v) is 10.8. The predicted octanol–water partition coefficient (Wildman–Crippen LogP) is 7.86. The van der Waals surface area contributed by atoms with Crippen LogP contribution in [-0.2, 0) is 21.3 Å². The largest absolute Gasteiger partial charge is 0.573 e. The zero-order chi connectivity index (χ0) is 29.2. The number of benzene rings is 2. The molecule has 220 valence electrons. The second kappa shape index (κ2) is 14.7. The Balaban J connectivity index is 0.000000281. The van der Waals surface area contributed by atoms with Gasteiger partial charge in [0.1, 0.15) is 11.5 Å². The van der Waals surface area contributed by atoms with E-state index in [0.29, 0.717) is 5.56 Å². The number of aromatic nitrogens is 2. The molecule has 0 fully saturated rings. The summed E-state index contributed by atoms with van der Waals surface area (Å²) in [4.78, 5) is 8.50. The molecule has 0 radical (unpaired) electrons. The van der Waals surface area contributed by atoms with Gasteiger partial charge in [-0.15, -0.1) is 38.1 Å². The summed E-state index contributed by atoms with van der Waals surface area (Å²) in [5.74, 6) is -0.192. The number of halogens is 6. The second-order valence-electron chi connectivity index (χ2n) is 7.80. The number of rotatable bonds is 8. The van der Waals surface area contributed by atoms with Gasteiger partial charge in [-0.25, -0.2) is 8.42 Å². The molecule has 0 saturated carbocycles. The fraction of sp³-hybridized carbons (Fsp3) is 0.185. The third-order valence-electron chi connectivity index (χ3n) is 4.73. The number of sulfone groups is 1. The molecule has 0 atom stereocenters. The summed E-state index contributed by atoms with van der Waals surface area (Å²) in [6, 6.07) is 16.8. The van der Waals surface area contributed by atoms with Crippen LogP contribution < -0.4 is 9.47 Å². The summed E-state index contributed by atoms with van der Waals surface area (Å²) < 4.78 is 104. The normalized spacial score (nSPS) is 11.5. The molecular formula is C27H24F6N2O4S2. The number of pyridine rings is 2. The van der Waals surface area contributed by atoms with E-state index in [1.165, 1.54) is 36.3 Å². The minimum absolute atomic E-state index is 0. The average Bonchev–Trinajstić information content (AvgIpc) is 2.88. The van der Waals surface area contributed by atoms with Gasteiger partial charge in [0.2, 0.25) is 0 Å². The van der Waals surface area contributed by atoms with E-state index in [0.717, 1.165) is 40.5 Å². The summed E-state index contributed by atoms with van der Waals surface area (Å²) >= 11 is 1.54. The van der Waals surface area contributed by atoms with E-state index in [4.69, 9.17) is 0 Å². The molecule has 4 rings (SSSR count). The first-order valence-electron chi connectivity index (χ1n) is 11.1. The van der Waals surface area contributed by atoms with Crippen LogP contribution in [0.3, 0.4) is 0 Å². The Morgan fingerprint density at radius 2 is 1.05 bits per heavy atom. The Bertz CT molecular complexity index is 1440. The van der Waals surface area contributed by atoms with Crippen molar-refractivity contribution >= 4 is 21.6 Å². The Morgan fingerprint density at radius 1 is 0.634 bits per heavy atom. The van der Waals surface area contributed by atoms with Crippen LogP contribution in [0.1, 0.15) is 18.6 Å². The summed E-state index contributed by atoms with van der Waals surface area (Å²) in [7, 11) is -3.64. The van der Waals surface area contributed by atoms with Crippen LogP contribution in [0, 0.1) is 0 Å². The summed E-state index contributed by atoms with van der Waals surface area (Å²) in [6.07, 6.45) is -3.12. The van der Waals surface area contributed by atoms with Crippen molar-refractivity contribution < 1.29 is 44.2 Å². The maximum absolute atomic E-state index is 12.1. The lowest BCUT2D eigenvalue weighted by Gasteiger charge is -2.09. The Morgan fingerprint density at radius 3 is 1.49 bits per heavy atom. The molecule has 0 bridgehead atoms. The van der Waals surface area contributed by atoms with Crippen molar-refractivity contribution in [3.05, 3.63) is 109 Å². The smallest absolute Gasteiger partial charge is 0.406 e. The molecule has 6 nitrogen and oxygen atoms in total. The highest BCUT2D eigenvalue weighted by Gasteiger charge is 2.31. The number of ether oxygens (including phenoxy) is 2. The van der Waals surface area contributed by atoms with Gasteiger partial charge in [0.05, 0.1) is 10.6 Å². The monoisotopic (exact) mass is 618 g/mol. The van der Waals surface area contributed by atoms with Crippen LogP contribution in [0.2, 0.25) is 0 Å². The lowest BCUT2D eigenvalue weighted by Crippen LogP contribution is -2.17. The molecule has 0 aliphatic heterocycles. The molecule has 0 saturated heterocycles. The van der Waals surface area contributed by atoms with Gasteiger partial charge >= 0.3 is 12.7 Å². The lowest BCUT2D eigenvalue weighted by atomic mass is 10.3. The quantitative estimate of drug-likeness (QED) is 0.147. The van der Waals surface area contributed by atoms with Crippen molar-refractivity contribution in [3.63, 3.8) is 0 Å². The molecule has 41 heavy (non-hydrogen) atoms. The van der Waals surface area contributed by atoms with Gasteiger partial charge in [0.25, 0.3) is 0 Å². The molecule has 4 aromatic rings. The number of alkyl halides is 6.